The molecule has 2 aromatic rings. The quantitative estimate of drug-likeness (QED) is 0.690. The topological polar surface area (TPSA) is 46.6 Å². The highest BCUT2D eigenvalue weighted by molar-refractivity contribution is 6.21. The average molecular weight is 337 g/mol. The molecule has 0 aliphatic carbocycles. The van der Waals surface area contributed by atoms with Crippen molar-refractivity contribution in [2.45, 2.75) is 32.3 Å². The smallest absolute Gasteiger partial charge is 0.261 e. The fraction of sp³-hybridized carbons (Fsp3) is 0.333. The third-order valence-corrected chi connectivity index (χ3v) is 4.49. The summed E-state index contributed by atoms with van der Waals surface area (Å²) < 4.78 is 5.84. The summed E-state index contributed by atoms with van der Waals surface area (Å²) >= 11 is 0. The molecule has 1 atom stereocenters. The normalized spacial score (nSPS) is 14.7. The number of carbonyl (C=O) groups excluding carboxylic acids is 2. The fourth-order valence-corrected chi connectivity index (χ4v) is 3.28. The van der Waals surface area contributed by atoms with Gasteiger partial charge in [-0.3, -0.25) is 14.5 Å². The molecule has 0 aromatic heterocycles. The van der Waals surface area contributed by atoms with Crippen LogP contribution >= 0.6 is 0 Å². The second-order valence-corrected chi connectivity index (χ2v) is 6.22. The van der Waals surface area contributed by atoms with E-state index in [0.29, 0.717) is 24.3 Å². The lowest BCUT2D eigenvalue weighted by atomic mass is 10.0. The van der Waals surface area contributed by atoms with Crippen molar-refractivity contribution in [3.8, 4) is 0 Å². The first-order valence-corrected chi connectivity index (χ1v) is 8.81. The van der Waals surface area contributed by atoms with Gasteiger partial charge < -0.3 is 4.74 Å². The van der Waals surface area contributed by atoms with Crippen LogP contribution in [0.4, 0.5) is 0 Å². The van der Waals surface area contributed by atoms with Crippen LogP contribution in [0.1, 0.15) is 46.0 Å². The molecular weight excluding hydrogens is 314 g/mol. The molecule has 0 spiro atoms. The van der Waals surface area contributed by atoms with E-state index in [0.717, 1.165) is 19.3 Å². The van der Waals surface area contributed by atoms with E-state index in [9.17, 15) is 9.59 Å². The number of hydrogen-bond acceptors (Lipinski definition) is 3. The zero-order valence-electron chi connectivity index (χ0n) is 14.5. The second kappa shape index (κ2) is 8.08. The van der Waals surface area contributed by atoms with E-state index in [1.54, 1.807) is 24.3 Å². The monoisotopic (exact) mass is 337 g/mol. The molecule has 0 fully saturated rings. The van der Waals surface area contributed by atoms with Gasteiger partial charge in [0, 0.05) is 13.2 Å². The number of imide groups is 1. The van der Waals surface area contributed by atoms with Crippen LogP contribution in [0.2, 0.25) is 0 Å². The highest BCUT2D eigenvalue weighted by Crippen LogP contribution is 2.23. The highest BCUT2D eigenvalue weighted by atomic mass is 16.5. The summed E-state index contributed by atoms with van der Waals surface area (Å²) in [4.78, 5) is 26.1. The molecule has 0 radical (unpaired) electrons. The largest absolute Gasteiger partial charge is 0.378 e. The summed E-state index contributed by atoms with van der Waals surface area (Å²) in [6.45, 7) is 3.08. The summed E-state index contributed by atoms with van der Waals surface area (Å²) in [5, 5.41) is 0. The summed E-state index contributed by atoms with van der Waals surface area (Å²) in [6, 6.07) is 17.3. The minimum atomic E-state index is -0.184. The summed E-state index contributed by atoms with van der Waals surface area (Å²) in [7, 11) is 0. The van der Waals surface area contributed by atoms with Crippen LogP contribution in [0.3, 0.4) is 0 Å². The number of rotatable bonds is 8. The van der Waals surface area contributed by atoms with Crippen LogP contribution < -0.4 is 0 Å². The van der Waals surface area contributed by atoms with E-state index >= 15 is 0 Å². The Morgan fingerprint density at radius 2 is 1.52 bits per heavy atom. The van der Waals surface area contributed by atoms with Crippen LogP contribution in [0.25, 0.3) is 0 Å². The predicted octanol–water partition coefficient (Wildman–Crippen LogP) is 3.71. The first-order valence-electron chi connectivity index (χ1n) is 8.81. The Hall–Kier alpha value is -2.46. The van der Waals surface area contributed by atoms with Crippen LogP contribution in [0, 0.1) is 0 Å². The molecule has 0 N–H and O–H groups in total. The van der Waals surface area contributed by atoms with Gasteiger partial charge in [0.25, 0.3) is 11.8 Å². The molecule has 4 nitrogen and oxygen atoms in total. The lowest BCUT2D eigenvalue weighted by molar-refractivity contribution is 0.0498. The fourth-order valence-electron chi connectivity index (χ4n) is 3.28. The van der Waals surface area contributed by atoms with E-state index in [2.05, 4.69) is 12.1 Å². The number of carbonyl (C=O) groups is 2. The molecule has 0 saturated heterocycles. The van der Waals surface area contributed by atoms with Gasteiger partial charge in [-0.1, -0.05) is 42.5 Å². The lowest BCUT2D eigenvalue weighted by Crippen LogP contribution is -2.31. The lowest BCUT2D eigenvalue weighted by Gasteiger charge is -2.19. The molecule has 3 rings (SSSR count). The van der Waals surface area contributed by atoms with Crippen molar-refractivity contribution in [2.24, 2.45) is 0 Å². The molecule has 1 aliphatic rings. The van der Waals surface area contributed by atoms with Crippen molar-refractivity contribution >= 4 is 11.8 Å². The minimum absolute atomic E-state index is 0.0996. The average Bonchev–Trinajstić information content (AvgIpc) is 2.88. The number of benzene rings is 2. The molecular formula is C21H23NO3. The molecule has 130 valence electrons. The van der Waals surface area contributed by atoms with Gasteiger partial charge in [-0.05, 0) is 43.9 Å². The Balaban J connectivity index is 1.56. The van der Waals surface area contributed by atoms with Crippen LogP contribution in [-0.4, -0.2) is 36.0 Å². The van der Waals surface area contributed by atoms with Crippen molar-refractivity contribution < 1.29 is 14.3 Å². The molecule has 2 amide bonds. The zero-order chi connectivity index (χ0) is 17.6. The summed E-state index contributed by atoms with van der Waals surface area (Å²) in [6.07, 6.45) is 2.50. The molecule has 0 saturated carbocycles. The van der Waals surface area contributed by atoms with Gasteiger partial charge in [0.2, 0.25) is 0 Å². The molecule has 4 heteroatoms. The maximum Gasteiger partial charge on any atom is 0.261 e. The number of ether oxygens (including phenoxy) is 1. The van der Waals surface area contributed by atoms with E-state index in [1.807, 2.05) is 25.1 Å². The number of amides is 2. The molecule has 1 heterocycles. The summed E-state index contributed by atoms with van der Waals surface area (Å²) in [5.74, 6) is -0.367. The van der Waals surface area contributed by atoms with Crippen molar-refractivity contribution in [2.75, 3.05) is 13.2 Å². The Morgan fingerprint density at radius 3 is 2.12 bits per heavy atom. The van der Waals surface area contributed by atoms with E-state index < -0.39 is 0 Å². The van der Waals surface area contributed by atoms with Crippen molar-refractivity contribution in [1.82, 2.24) is 4.90 Å². The predicted molar refractivity (Wildman–Crippen MR) is 96.6 cm³/mol. The van der Waals surface area contributed by atoms with Crippen LogP contribution in [-0.2, 0) is 11.2 Å². The summed E-state index contributed by atoms with van der Waals surface area (Å²) in [5.41, 5.74) is 2.26. The molecule has 25 heavy (non-hydrogen) atoms. The highest BCUT2D eigenvalue weighted by Gasteiger charge is 2.34. The Bertz CT molecular complexity index is 707. The molecule has 1 aliphatic heterocycles. The number of hydrogen-bond donors (Lipinski definition) is 0. The number of nitrogens with zero attached hydrogens (tertiary/aromatic N) is 1. The van der Waals surface area contributed by atoms with Gasteiger partial charge in [-0.15, -0.1) is 0 Å². The Labute approximate surface area is 148 Å². The standard InChI is InChI=1S/C21H23NO3/c1-2-25-17(15-16-9-4-3-5-10-16)11-8-14-22-20(23)18-12-6-7-13-19(18)21(22)24/h3-7,9-10,12-13,17H,2,8,11,14-15H2,1H3. The zero-order valence-corrected chi connectivity index (χ0v) is 14.5. The Kier molecular flexibility index (Phi) is 5.61. The minimum Gasteiger partial charge on any atom is -0.378 e. The third-order valence-electron chi connectivity index (χ3n) is 4.49. The van der Waals surface area contributed by atoms with Gasteiger partial charge in [-0.2, -0.15) is 0 Å². The van der Waals surface area contributed by atoms with Gasteiger partial charge in [0.05, 0.1) is 17.2 Å². The van der Waals surface area contributed by atoms with Gasteiger partial charge >= 0.3 is 0 Å². The maximum atomic E-state index is 12.4. The van der Waals surface area contributed by atoms with Gasteiger partial charge in [0.1, 0.15) is 0 Å². The van der Waals surface area contributed by atoms with Gasteiger partial charge in [-0.25, -0.2) is 0 Å². The van der Waals surface area contributed by atoms with Crippen molar-refractivity contribution in [3.05, 3.63) is 71.3 Å². The van der Waals surface area contributed by atoms with Crippen LogP contribution in [0.5, 0.6) is 0 Å². The molecule has 0 bridgehead atoms. The van der Waals surface area contributed by atoms with E-state index in [4.69, 9.17) is 4.74 Å². The van der Waals surface area contributed by atoms with E-state index in [1.165, 1.54) is 10.5 Å². The van der Waals surface area contributed by atoms with E-state index in [-0.39, 0.29) is 17.9 Å². The molecule has 1 unspecified atom stereocenters. The van der Waals surface area contributed by atoms with Crippen molar-refractivity contribution in [1.29, 1.82) is 0 Å². The van der Waals surface area contributed by atoms with Gasteiger partial charge in [0.15, 0.2) is 0 Å². The SMILES string of the molecule is CCOC(CCCN1C(=O)c2ccccc2C1=O)Cc1ccccc1. The number of fused-ring (bicyclic) bond motifs is 1. The first kappa shape index (κ1) is 17.4. The van der Waals surface area contributed by atoms with Crippen LogP contribution in [0.15, 0.2) is 54.6 Å². The molecule has 2 aromatic carbocycles. The first-order chi connectivity index (χ1) is 12.2. The maximum absolute atomic E-state index is 12.4. The second-order valence-electron chi connectivity index (χ2n) is 6.22. The third kappa shape index (κ3) is 3.97. The van der Waals surface area contributed by atoms with Crippen molar-refractivity contribution in [3.63, 3.8) is 0 Å². The Morgan fingerprint density at radius 1 is 0.920 bits per heavy atom.